The van der Waals surface area contributed by atoms with Crippen molar-refractivity contribution in [2.75, 3.05) is 7.05 Å². The zero-order valence-corrected chi connectivity index (χ0v) is 13.7. The lowest BCUT2D eigenvalue weighted by molar-refractivity contribution is 0.330. The van der Waals surface area contributed by atoms with Crippen LogP contribution in [0, 0.1) is 5.92 Å². The third-order valence-corrected chi connectivity index (χ3v) is 4.57. The third-order valence-electron chi connectivity index (χ3n) is 3.83. The molecule has 0 aromatic heterocycles. The van der Waals surface area contributed by atoms with E-state index in [1.807, 2.05) is 12.1 Å². The SMILES string of the molecule is CCCCC(CC)C(Cc1ccc(Cl)c(Cl)c1)NC. The van der Waals surface area contributed by atoms with Crippen LogP contribution >= 0.6 is 23.2 Å². The van der Waals surface area contributed by atoms with Crippen molar-refractivity contribution in [1.82, 2.24) is 5.32 Å². The van der Waals surface area contributed by atoms with Gasteiger partial charge in [-0.25, -0.2) is 0 Å². The maximum atomic E-state index is 6.09. The van der Waals surface area contributed by atoms with Crippen molar-refractivity contribution < 1.29 is 0 Å². The Kier molecular flexibility index (Phi) is 7.82. The summed E-state index contributed by atoms with van der Waals surface area (Å²) in [5.74, 6) is 0.722. The second kappa shape index (κ2) is 8.84. The molecule has 0 aliphatic heterocycles. The molecule has 3 heteroatoms. The van der Waals surface area contributed by atoms with E-state index in [1.54, 1.807) is 0 Å². The van der Waals surface area contributed by atoms with Crippen LogP contribution < -0.4 is 5.32 Å². The van der Waals surface area contributed by atoms with Crippen LogP contribution in [0.2, 0.25) is 10.0 Å². The quantitative estimate of drug-likeness (QED) is 0.683. The smallest absolute Gasteiger partial charge is 0.0595 e. The van der Waals surface area contributed by atoms with Gasteiger partial charge in [-0.2, -0.15) is 0 Å². The standard InChI is InChI=1S/C16H25Cl2N/c1-4-6-7-13(5-2)16(19-3)11-12-8-9-14(17)15(18)10-12/h8-10,13,16,19H,4-7,11H2,1-3H3. The Morgan fingerprint density at radius 3 is 2.42 bits per heavy atom. The highest BCUT2D eigenvalue weighted by Gasteiger charge is 2.18. The summed E-state index contributed by atoms with van der Waals surface area (Å²) in [7, 11) is 2.05. The summed E-state index contributed by atoms with van der Waals surface area (Å²) in [5.41, 5.74) is 1.25. The van der Waals surface area contributed by atoms with Crippen LogP contribution in [0.15, 0.2) is 18.2 Å². The predicted molar refractivity (Wildman–Crippen MR) is 86.3 cm³/mol. The fourth-order valence-corrected chi connectivity index (χ4v) is 2.90. The topological polar surface area (TPSA) is 12.0 Å². The van der Waals surface area contributed by atoms with E-state index in [2.05, 4.69) is 32.3 Å². The summed E-state index contributed by atoms with van der Waals surface area (Å²) in [6.45, 7) is 4.53. The lowest BCUT2D eigenvalue weighted by Crippen LogP contribution is -2.35. The van der Waals surface area contributed by atoms with Gasteiger partial charge >= 0.3 is 0 Å². The van der Waals surface area contributed by atoms with E-state index in [0.29, 0.717) is 16.1 Å². The maximum absolute atomic E-state index is 6.09. The Morgan fingerprint density at radius 1 is 1.16 bits per heavy atom. The minimum Gasteiger partial charge on any atom is -0.316 e. The van der Waals surface area contributed by atoms with Gasteiger partial charge in [-0.15, -0.1) is 0 Å². The van der Waals surface area contributed by atoms with Crippen LogP contribution in [0.1, 0.15) is 45.1 Å². The van der Waals surface area contributed by atoms with Gasteiger partial charge in [-0.1, -0.05) is 62.4 Å². The number of benzene rings is 1. The lowest BCUT2D eigenvalue weighted by Gasteiger charge is -2.26. The molecular weight excluding hydrogens is 277 g/mol. The van der Waals surface area contributed by atoms with Crippen LogP contribution in [0.4, 0.5) is 0 Å². The average Bonchev–Trinajstić information content (AvgIpc) is 2.42. The minimum atomic E-state index is 0.508. The average molecular weight is 302 g/mol. The summed E-state index contributed by atoms with van der Waals surface area (Å²) in [5, 5.41) is 4.75. The van der Waals surface area contributed by atoms with Crippen molar-refractivity contribution in [2.24, 2.45) is 5.92 Å². The number of nitrogens with one attached hydrogen (secondary N) is 1. The summed E-state index contributed by atoms with van der Waals surface area (Å²) in [6.07, 6.45) is 6.08. The molecule has 2 unspecified atom stereocenters. The maximum Gasteiger partial charge on any atom is 0.0595 e. The Bertz CT molecular complexity index is 379. The van der Waals surface area contributed by atoms with Crippen LogP contribution in [0.5, 0.6) is 0 Å². The molecule has 108 valence electrons. The summed E-state index contributed by atoms with van der Waals surface area (Å²) in [6, 6.07) is 6.46. The number of likely N-dealkylation sites (N-methyl/N-ethyl adjacent to an activating group) is 1. The summed E-state index contributed by atoms with van der Waals surface area (Å²) < 4.78 is 0. The van der Waals surface area contributed by atoms with Crippen molar-refractivity contribution >= 4 is 23.2 Å². The van der Waals surface area contributed by atoms with Gasteiger partial charge in [-0.05, 0) is 43.5 Å². The molecule has 19 heavy (non-hydrogen) atoms. The lowest BCUT2D eigenvalue weighted by atomic mass is 9.87. The molecule has 0 radical (unpaired) electrons. The van der Waals surface area contributed by atoms with Gasteiger partial charge in [0.1, 0.15) is 0 Å². The molecule has 1 aromatic rings. The van der Waals surface area contributed by atoms with Gasteiger partial charge in [0.15, 0.2) is 0 Å². The molecule has 1 rings (SSSR count). The van der Waals surface area contributed by atoms with Crippen molar-refractivity contribution in [1.29, 1.82) is 0 Å². The third kappa shape index (κ3) is 5.33. The fourth-order valence-electron chi connectivity index (χ4n) is 2.58. The molecule has 0 aliphatic carbocycles. The molecule has 0 amide bonds. The Balaban J connectivity index is 2.70. The number of unbranched alkanes of at least 4 members (excludes halogenated alkanes) is 1. The van der Waals surface area contributed by atoms with Gasteiger partial charge in [0, 0.05) is 6.04 Å². The van der Waals surface area contributed by atoms with E-state index in [-0.39, 0.29) is 0 Å². The normalized spacial score (nSPS) is 14.4. The summed E-state index contributed by atoms with van der Waals surface area (Å²) in [4.78, 5) is 0. The number of rotatable bonds is 8. The highest BCUT2D eigenvalue weighted by Crippen LogP contribution is 2.25. The fraction of sp³-hybridized carbons (Fsp3) is 0.625. The van der Waals surface area contributed by atoms with Crippen molar-refractivity contribution in [3.63, 3.8) is 0 Å². The van der Waals surface area contributed by atoms with Gasteiger partial charge in [0.25, 0.3) is 0 Å². The highest BCUT2D eigenvalue weighted by molar-refractivity contribution is 6.42. The molecule has 0 saturated carbocycles. The van der Waals surface area contributed by atoms with Gasteiger partial charge in [-0.3, -0.25) is 0 Å². The van der Waals surface area contributed by atoms with E-state index in [9.17, 15) is 0 Å². The van der Waals surface area contributed by atoms with Gasteiger partial charge in [0.05, 0.1) is 10.0 Å². The number of hydrogen-bond donors (Lipinski definition) is 1. The van der Waals surface area contributed by atoms with Crippen molar-refractivity contribution in [3.8, 4) is 0 Å². The second-order valence-electron chi connectivity index (χ2n) is 5.16. The van der Waals surface area contributed by atoms with Gasteiger partial charge in [0.2, 0.25) is 0 Å². The first-order valence-electron chi connectivity index (χ1n) is 7.23. The van der Waals surface area contributed by atoms with Crippen LogP contribution in [-0.4, -0.2) is 13.1 Å². The van der Waals surface area contributed by atoms with Crippen LogP contribution in [0.3, 0.4) is 0 Å². The molecule has 1 nitrogen and oxygen atoms in total. The van der Waals surface area contributed by atoms with Crippen molar-refractivity contribution in [3.05, 3.63) is 33.8 Å². The molecule has 0 fully saturated rings. The zero-order valence-electron chi connectivity index (χ0n) is 12.2. The Labute approximate surface area is 127 Å². The van der Waals surface area contributed by atoms with E-state index >= 15 is 0 Å². The number of halogens is 2. The van der Waals surface area contributed by atoms with E-state index < -0.39 is 0 Å². The molecule has 0 heterocycles. The monoisotopic (exact) mass is 301 g/mol. The predicted octanol–water partition coefficient (Wildman–Crippen LogP) is 5.34. The summed E-state index contributed by atoms with van der Waals surface area (Å²) >= 11 is 12.0. The molecular formula is C16H25Cl2N. The first-order chi connectivity index (χ1) is 9.12. The number of hydrogen-bond acceptors (Lipinski definition) is 1. The Morgan fingerprint density at radius 2 is 1.89 bits per heavy atom. The second-order valence-corrected chi connectivity index (χ2v) is 5.97. The van der Waals surface area contributed by atoms with Crippen molar-refractivity contribution in [2.45, 2.75) is 52.0 Å². The van der Waals surface area contributed by atoms with E-state index in [0.717, 1.165) is 12.3 Å². The van der Waals surface area contributed by atoms with Crippen LogP contribution in [0.25, 0.3) is 0 Å². The molecule has 1 aromatic carbocycles. The Hall–Kier alpha value is -0.240. The zero-order chi connectivity index (χ0) is 14.3. The van der Waals surface area contributed by atoms with E-state index in [1.165, 1.54) is 31.2 Å². The van der Waals surface area contributed by atoms with Crippen LogP contribution in [-0.2, 0) is 6.42 Å². The first kappa shape index (κ1) is 16.8. The molecule has 0 aliphatic rings. The first-order valence-corrected chi connectivity index (χ1v) is 7.99. The minimum absolute atomic E-state index is 0.508. The largest absolute Gasteiger partial charge is 0.316 e. The molecule has 2 atom stereocenters. The molecule has 0 saturated heterocycles. The molecule has 0 spiro atoms. The molecule has 0 bridgehead atoms. The van der Waals surface area contributed by atoms with Gasteiger partial charge < -0.3 is 5.32 Å². The van der Waals surface area contributed by atoms with E-state index in [4.69, 9.17) is 23.2 Å². The highest BCUT2D eigenvalue weighted by atomic mass is 35.5. The molecule has 1 N–H and O–H groups in total.